The molecule has 0 aliphatic carbocycles. The third kappa shape index (κ3) is 4.95. The Bertz CT molecular complexity index is 1110. The highest BCUT2D eigenvalue weighted by molar-refractivity contribution is 7.89. The molecule has 8 heteroatoms. The summed E-state index contributed by atoms with van der Waals surface area (Å²) in [6.45, 7) is 3.31. The van der Waals surface area contributed by atoms with Crippen molar-refractivity contribution in [2.24, 2.45) is 0 Å². The van der Waals surface area contributed by atoms with E-state index < -0.39 is 28.3 Å². The number of anilines is 1. The van der Waals surface area contributed by atoms with Crippen molar-refractivity contribution in [1.82, 2.24) is 4.31 Å². The van der Waals surface area contributed by atoms with Crippen LogP contribution in [0, 0.1) is 12.7 Å². The summed E-state index contributed by atoms with van der Waals surface area (Å²) in [4.78, 5) is 12.7. The van der Waals surface area contributed by atoms with Gasteiger partial charge < -0.3 is 9.73 Å². The highest BCUT2D eigenvalue weighted by Gasteiger charge is 2.28. The van der Waals surface area contributed by atoms with Gasteiger partial charge >= 0.3 is 0 Å². The number of benzene rings is 2. The van der Waals surface area contributed by atoms with E-state index in [1.165, 1.54) is 18.4 Å². The highest BCUT2D eigenvalue weighted by Crippen LogP contribution is 2.23. The number of nitrogens with zero attached hydrogens (tertiary/aromatic N) is 1. The lowest BCUT2D eigenvalue weighted by molar-refractivity contribution is -0.116. The monoisotopic (exact) mass is 430 g/mol. The van der Waals surface area contributed by atoms with E-state index in [1.54, 1.807) is 12.1 Å². The summed E-state index contributed by atoms with van der Waals surface area (Å²) in [7, 11) is -4.06. The number of carbonyl (C=O) groups excluding carboxylic acids is 1. The molecule has 30 heavy (non-hydrogen) atoms. The average molecular weight is 431 g/mol. The molecule has 158 valence electrons. The molecular formula is C22H23FN2O4S. The Labute approximate surface area is 175 Å². The molecule has 0 saturated carbocycles. The fraction of sp³-hybridized carbons (Fsp3) is 0.227. The zero-order valence-electron chi connectivity index (χ0n) is 16.8. The molecule has 0 spiro atoms. The largest absolute Gasteiger partial charge is 0.468 e. The van der Waals surface area contributed by atoms with Gasteiger partial charge in [0.15, 0.2) is 0 Å². The first kappa shape index (κ1) is 21.7. The Morgan fingerprint density at radius 1 is 1.10 bits per heavy atom. The number of amides is 1. The Hall–Kier alpha value is -2.97. The lowest BCUT2D eigenvalue weighted by Crippen LogP contribution is -2.37. The van der Waals surface area contributed by atoms with E-state index in [-0.39, 0.29) is 11.4 Å². The number of sulfonamides is 1. The molecule has 1 N–H and O–H groups in total. The number of carbonyl (C=O) groups is 1. The van der Waals surface area contributed by atoms with Crippen molar-refractivity contribution in [3.8, 4) is 0 Å². The minimum Gasteiger partial charge on any atom is -0.468 e. The zero-order chi connectivity index (χ0) is 21.7. The quantitative estimate of drug-likeness (QED) is 0.583. The predicted octanol–water partition coefficient (Wildman–Crippen LogP) is 4.12. The molecule has 1 aromatic heterocycles. The van der Waals surface area contributed by atoms with Gasteiger partial charge in [-0.15, -0.1) is 0 Å². The van der Waals surface area contributed by atoms with Crippen LogP contribution >= 0.6 is 0 Å². The van der Waals surface area contributed by atoms with Crippen molar-refractivity contribution in [1.29, 1.82) is 0 Å². The van der Waals surface area contributed by atoms with Gasteiger partial charge in [0.05, 0.1) is 24.2 Å². The summed E-state index contributed by atoms with van der Waals surface area (Å²) in [5, 5.41) is 2.84. The molecule has 3 aromatic rings. The molecule has 0 aliphatic heterocycles. The van der Waals surface area contributed by atoms with E-state index in [9.17, 15) is 17.6 Å². The maximum Gasteiger partial charge on any atom is 0.243 e. The van der Waals surface area contributed by atoms with Gasteiger partial charge in [-0.05, 0) is 60.9 Å². The molecule has 0 radical (unpaired) electrons. The minimum atomic E-state index is -4.06. The van der Waals surface area contributed by atoms with Crippen molar-refractivity contribution in [3.05, 3.63) is 83.6 Å². The topological polar surface area (TPSA) is 79.6 Å². The molecular weight excluding hydrogens is 407 g/mol. The Morgan fingerprint density at radius 3 is 2.47 bits per heavy atom. The number of rotatable bonds is 8. The van der Waals surface area contributed by atoms with Crippen LogP contribution in [0.15, 0.2) is 70.2 Å². The van der Waals surface area contributed by atoms with Crippen LogP contribution in [0.25, 0.3) is 0 Å². The van der Waals surface area contributed by atoms with Gasteiger partial charge in [0.1, 0.15) is 11.6 Å². The van der Waals surface area contributed by atoms with Crippen LogP contribution in [-0.2, 0) is 27.8 Å². The van der Waals surface area contributed by atoms with Gasteiger partial charge in [-0.2, -0.15) is 4.31 Å². The molecule has 1 heterocycles. The second-order valence-corrected chi connectivity index (χ2v) is 8.76. The number of aryl methyl sites for hydroxylation is 2. The summed E-state index contributed by atoms with van der Waals surface area (Å²) in [5.41, 5.74) is 2.53. The van der Waals surface area contributed by atoms with Crippen molar-refractivity contribution in [2.45, 2.75) is 31.7 Å². The van der Waals surface area contributed by atoms with Crippen molar-refractivity contribution in [2.75, 3.05) is 11.9 Å². The molecule has 2 aromatic carbocycles. The zero-order valence-corrected chi connectivity index (χ0v) is 17.6. The average Bonchev–Trinajstić information content (AvgIpc) is 3.22. The normalized spacial score (nSPS) is 11.6. The van der Waals surface area contributed by atoms with Crippen LogP contribution in [0.4, 0.5) is 10.1 Å². The Kier molecular flexibility index (Phi) is 6.69. The van der Waals surface area contributed by atoms with E-state index in [4.69, 9.17) is 4.42 Å². The Balaban J connectivity index is 1.88. The summed E-state index contributed by atoms with van der Waals surface area (Å²) in [6.07, 6.45) is 2.15. The van der Waals surface area contributed by atoms with Crippen molar-refractivity contribution >= 4 is 21.6 Å². The molecule has 0 unspecified atom stereocenters. The molecule has 6 nitrogen and oxygen atoms in total. The van der Waals surface area contributed by atoms with Gasteiger partial charge in [0, 0.05) is 5.69 Å². The third-order valence-corrected chi connectivity index (χ3v) is 6.49. The summed E-state index contributed by atoms with van der Waals surface area (Å²) >= 11 is 0. The second-order valence-electron chi connectivity index (χ2n) is 6.82. The molecule has 3 rings (SSSR count). The summed E-state index contributed by atoms with van der Waals surface area (Å²) in [5.74, 6) is -0.634. The van der Waals surface area contributed by atoms with Crippen LogP contribution in [-0.4, -0.2) is 25.2 Å². The number of para-hydroxylation sites is 1. The first-order valence-corrected chi connectivity index (χ1v) is 10.9. The molecule has 1 amide bonds. The Morgan fingerprint density at radius 2 is 1.83 bits per heavy atom. The molecule has 0 saturated heterocycles. The lowest BCUT2D eigenvalue weighted by Gasteiger charge is -2.22. The van der Waals surface area contributed by atoms with Crippen LogP contribution in [0.1, 0.15) is 23.8 Å². The van der Waals surface area contributed by atoms with E-state index >= 15 is 0 Å². The summed E-state index contributed by atoms with van der Waals surface area (Å²) in [6, 6.07) is 13.5. The number of nitrogens with one attached hydrogen (secondary N) is 1. The maximum absolute atomic E-state index is 13.3. The fourth-order valence-electron chi connectivity index (χ4n) is 3.10. The fourth-order valence-corrected chi connectivity index (χ4v) is 4.46. The van der Waals surface area contributed by atoms with Crippen LogP contribution in [0.3, 0.4) is 0 Å². The standard InChI is InChI=1S/C22H23FN2O4S/c1-3-17-7-4-6-16(2)22(17)24-21(26)15-25(14-19-8-5-13-29-19)30(27,28)20-11-9-18(23)10-12-20/h4-13H,3,14-15H2,1-2H3,(H,24,26). The van der Waals surface area contributed by atoms with Gasteiger partial charge in [0.25, 0.3) is 0 Å². The maximum atomic E-state index is 13.3. The van der Waals surface area contributed by atoms with Gasteiger partial charge in [-0.1, -0.05) is 25.1 Å². The predicted molar refractivity (Wildman–Crippen MR) is 112 cm³/mol. The van der Waals surface area contributed by atoms with Gasteiger partial charge in [-0.3, -0.25) is 4.79 Å². The van der Waals surface area contributed by atoms with Crippen molar-refractivity contribution in [3.63, 3.8) is 0 Å². The third-order valence-electron chi connectivity index (χ3n) is 4.69. The van der Waals surface area contributed by atoms with Crippen LogP contribution < -0.4 is 5.32 Å². The van der Waals surface area contributed by atoms with E-state index in [0.29, 0.717) is 11.4 Å². The number of furan rings is 1. The van der Waals surface area contributed by atoms with Crippen LogP contribution in [0.2, 0.25) is 0 Å². The molecule has 0 aliphatic rings. The molecule has 0 bridgehead atoms. The van der Waals surface area contributed by atoms with E-state index in [1.807, 2.05) is 32.0 Å². The minimum absolute atomic E-state index is 0.103. The lowest BCUT2D eigenvalue weighted by atomic mass is 10.1. The number of hydrogen-bond acceptors (Lipinski definition) is 4. The van der Waals surface area contributed by atoms with Gasteiger partial charge in [0.2, 0.25) is 15.9 Å². The van der Waals surface area contributed by atoms with Crippen molar-refractivity contribution < 1.29 is 22.0 Å². The van der Waals surface area contributed by atoms with Crippen LogP contribution in [0.5, 0.6) is 0 Å². The van der Waals surface area contributed by atoms with E-state index in [2.05, 4.69) is 5.32 Å². The number of halogens is 1. The second kappa shape index (κ2) is 9.23. The molecule has 0 atom stereocenters. The SMILES string of the molecule is CCc1cccc(C)c1NC(=O)CN(Cc1ccco1)S(=O)(=O)c1ccc(F)cc1. The highest BCUT2D eigenvalue weighted by atomic mass is 32.2. The first-order chi connectivity index (χ1) is 14.3. The number of hydrogen-bond donors (Lipinski definition) is 1. The smallest absolute Gasteiger partial charge is 0.243 e. The van der Waals surface area contributed by atoms with E-state index in [0.717, 1.165) is 34.0 Å². The van der Waals surface area contributed by atoms with Gasteiger partial charge in [-0.25, -0.2) is 12.8 Å². The first-order valence-electron chi connectivity index (χ1n) is 9.47. The molecule has 0 fully saturated rings. The summed E-state index contributed by atoms with van der Waals surface area (Å²) < 4.78 is 45.8.